The normalized spacial score (nSPS) is 14.4. The first kappa shape index (κ1) is 11.3. The summed E-state index contributed by atoms with van der Waals surface area (Å²) in [6.45, 7) is 0.140. The highest BCUT2D eigenvalue weighted by Gasteiger charge is 2.18. The van der Waals surface area contributed by atoms with Gasteiger partial charge in [0.1, 0.15) is 6.61 Å². The van der Waals surface area contributed by atoms with Crippen LogP contribution in [-0.4, -0.2) is 18.0 Å². The molecule has 0 bridgehead atoms. The molecule has 1 aliphatic heterocycles. The first-order chi connectivity index (χ1) is 8.24. The third kappa shape index (κ3) is 3.41. The standard InChI is InChI=1S/C12H11NO4/c14-10-6-7-11(13-10)17-12(15)16-8-9-4-2-1-3-5-9/h1-5H,6-8H2. The predicted octanol–water partition coefficient (Wildman–Crippen LogP) is 2.06. The minimum absolute atomic E-state index is 0.132. The van der Waals surface area contributed by atoms with Gasteiger partial charge in [0.25, 0.3) is 0 Å². The molecule has 0 saturated heterocycles. The van der Waals surface area contributed by atoms with E-state index in [1.807, 2.05) is 30.3 Å². The van der Waals surface area contributed by atoms with Crippen molar-refractivity contribution in [1.82, 2.24) is 0 Å². The van der Waals surface area contributed by atoms with E-state index in [4.69, 9.17) is 9.47 Å². The van der Waals surface area contributed by atoms with Crippen LogP contribution in [0, 0.1) is 0 Å². The van der Waals surface area contributed by atoms with E-state index in [0.29, 0.717) is 12.8 Å². The molecule has 0 radical (unpaired) electrons. The van der Waals surface area contributed by atoms with Crippen LogP contribution in [0.5, 0.6) is 0 Å². The fraction of sp³-hybridized carbons (Fsp3) is 0.250. The number of carbonyl (C=O) groups excluding carboxylic acids is 2. The summed E-state index contributed by atoms with van der Waals surface area (Å²) in [5.41, 5.74) is 0.869. The zero-order valence-electron chi connectivity index (χ0n) is 9.09. The first-order valence-corrected chi connectivity index (χ1v) is 5.23. The molecule has 2 rings (SSSR count). The summed E-state index contributed by atoms with van der Waals surface area (Å²) >= 11 is 0. The lowest BCUT2D eigenvalue weighted by Gasteiger charge is -2.04. The van der Waals surface area contributed by atoms with E-state index in [9.17, 15) is 9.59 Å². The van der Waals surface area contributed by atoms with Gasteiger partial charge in [0.05, 0.1) is 0 Å². The van der Waals surface area contributed by atoms with Crippen LogP contribution >= 0.6 is 0 Å². The molecular formula is C12H11NO4. The number of benzene rings is 1. The predicted molar refractivity (Wildman–Crippen MR) is 59.4 cm³/mol. The number of aliphatic imine (C=N–C) groups is 1. The van der Waals surface area contributed by atoms with Crippen molar-refractivity contribution in [2.75, 3.05) is 0 Å². The molecule has 1 aromatic carbocycles. The maximum absolute atomic E-state index is 11.2. The molecule has 17 heavy (non-hydrogen) atoms. The molecule has 0 unspecified atom stereocenters. The molecule has 1 heterocycles. The molecule has 1 aromatic rings. The molecule has 1 amide bonds. The molecular weight excluding hydrogens is 222 g/mol. The molecule has 1 aliphatic rings. The van der Waals surface area contributed by atoms with Crippen LogP contribution in [0.4, 0.5) is 4.79 Å². The summed E-state index contributed by atoms with van der Waals surface area (Å²) in [4.78, 5) is 25.6. The van der Waals surface area contributed by atoms with Crippen molar-refractivity contribution in [3.8, 4) is 0 Å². The second kappa shape index (κ2) is 5.25. The van der Waals surface area contributed by atoms with Gasteiger partial charge in [-0.15, -0.1) is 0 Å². The van der Waals surface area contributed by atoms with Crippen LogP contribution in [0.15, 0.2) is 35.3 Å². The average Bonchev–Trinajstić information content (AvgIpc) is 2.73. The van der Waals surface area contributed by atoms with Crippen LogP contribution in [0.1, 0.15) is 18.4 Å². The highest BCUT2D eigenvalue weighted by Crippen LogP contribution is 2.08. The number of hydrogen-bond acceptors (Lipinski definition) is 4. The monoisotopic (exact) mass is 233 g/mol. The third-order valence-electron chi connectivity index (χ3n) is 2.20. The summed E-state index contributed by atoms with van der Waals surface area (Å²) in [6.07, 6.45) is -0.178. The fourth-order valence-corrected chi connectivity index (χ4v) is 1.38. The fourth-order valence-electron chi connectivity index (χ4n) is 1.38. The maximum Gasteiger partial charge on any atom is 0.515 e. The number of nitrogens with zero attached hydrogens (tertiary/aromatic N) is 1. The van der Waals surface area contributed by atoms with Crippen molar-refractivity contribution in [3.05, 3.63) is 35.9 Å². The van der Waals surface area contributed by atoms with Gasteiger partial charge in [-0.25, -0.2) is 4.79 Å². The zero-order chi connectivity index (χ0) is 12.1. The van der Waals surface area contributed by atoms with Crippen molar-refractivity contribution >= 4 is 18.0 Å². The van der Waals surface area contributed by atoms with Crippen LogP contribution in [0.2, 0.25) is 0 Å². The minimum atomic E-state index is -0.831. The maximum atomic E-state index is 11.2. The van der Waals surface area contributed by atoms with Gasteiger partial charge in [-0.2, -0.15) is 4.99 Å². The van der Waals surface area contributed by atoms with Gasteiger partial charge >= 0.3 is 6.16 Å². The average molecular weight is 233 g/mol. The van der Waals surface area contributed by atoms with Crippen molar-refractivity contribution in [3.63, 3.8) is 0 Å². The lowest BCUT2D eigenvalue weighted by molar-refractivity contribution is -0.117. The van der Waals surface area contributed by atoms with Crippen molar-refractivity contribution in [2.24, 2.45) is 4.99 Å². The Hall–Kier alpha value is -2.17. The Labute approximate surface area is 98.1 Å². The molecule has 0 spiro atoms. The van der Waals surface area contributed by atoms with Crippen LogP contribution in [-0.2, 0) is 20.9 Å². The molecule has 5 nitrogen and oxygen atoms in total. The number of carbonyl (C=O) groups is 2. The summed E-state index contributed by atoms with van der Waals surface area (Å²) in [5.74, 6) is -0.135. The molecule has 5 heteroatoms. The molecule has 88 valence electrons. The Morgan fingerprint density at radius 1 is 1.24 bits per heavy atom. The van der Waals surface area contributed by atoms with Crippen LogP contribution in [0.25, 0.3) is 0 Å². The summed E-state index contributed by atoms with van der Waals surface area (Å²) < 4.78 is 9.64. The van der Waals surface area contributed by atoms with Crippen LogP contribution in [0.3, 0.4) is 0 Å². The van der Waals surface area contributed by atoms with Gasteiger partial charge in [0, 0.05) is 12.8 Å². The minimum Gasteiger partial charge on any atom is -0.429 e. The largest absolute Gasteiger partial charge is 0.515 e. The highest BCUT2D eigenvalue weighted by molar-refractivity contribution is 6.01. The van der Waals surface area contributed by atoms with Gasteiger partial charge in [0.2, 0.25) is 11.8 Å². The number of hydrogen-bond donors (Lipinski definition) is 0. The van der Waals surface area contributed by atoms with Gasteiger partial charge in [-0.1, -0.05) is 30.3 Å². The molecule has 0 fully saturated rings. The van der Waals surface area contributed by atoms with Crippen molar-refractivity contribution < 1.29 is 19.1 Å². The quantitative estimate of drug-likeness (QED) is 0.733. The molecule has 0 saturated carbocycles. The molecule has 0 aromatic heterocycles. The zero-order valence-corrected chi connectivity index (χ0v) is 9.09. The van der Waals surface area contributed by atoms with Crippen molar-refractivity contribution in [1.29, 1.82) is 0 Å². The molecule has 0 N–H and O–H groups in total. The smallest absolute Gasteiger partial charge is 0.429 e. The summed E-state index contributed by atoms with van der Waals surface area (Å²) in [5, 5.41) is 0. The third-order valence-corrected chi connectivity index (χ3v) is 2.20. The Kier molecular flexibility index (Phi) is 3.49. The van der Waals surface area contributed by atoms with Gasteiger partial charge < -0.3 is 9.47 Å². The second-order valence-electron chi connectivity index (χ2n) is 3.53. The highest BCUT2D eigenvalue weighted by atomic mass is 16.7. The van der Waals surface area contributed by atoms with E-state index in [2.05, 4.69) is 4.99 Å². The Morgan fingerprint density at radius 3 is 2.65 bits per heavy atom. The van der Waals surface area contributed by atoms with Gasteiger partial charge in [-0.05, 0) is 5.56 Å². The number of amides is 1. The summed E-state index contributed by atoms with van der Waals surface area (Å²) in [7, 11) is 0. The lowest BCUT2D eigenvalue weighted by Crippen LogP contribution is -2.12. The Bertz CT molecular complexity index is 453. The first-order valence-electron chi connectivity index (χ1n) is 5.23. The number of rotatable bonds is 2. The van der Waals surface area contributed by atoms with Crippen molar-refractivity contribution in [2.45, 2.75) is 19.4 Å². The van der Waals surface area contributed by atoms with E-state index in [-0.39, 0.29) is 18.4 Å². The van der Waals surface area contributed by atoms with E-state index in [0.717, 1.165) is 5.56 Å². The van der Waals surface area contributed by atoms with E-state index >= 15 is 0 Å². The summed E-state index contributed by atoms with van der Waals surface area (Å²) in [6, 6.07) is 9.25. The van der Waals surface area contributed by atoms with E-state index < -0.39 is 6.16 Å². The topological polar surface area (TPSA) is 65.0 Å². The van der Waals surface area contributed by atoms with Crippen LogP contribution < -0.4 is 0 Å². The Balaban J connectivity index is 1.78. The SMILES string of the molecule is O=C1CCC(OC(=O)OCc2ccccc2)=N1. The van der Waals surface area contributed by atoms with E-state index in [1.54, 1.807) is 0 Å². The van der Waals surface area contributed by atoms with Gasteiger partial charge in [0.15, 0.2) is 0 Å². The van der Waals surface area contributed by atoms with Gasteiger partial charge in [-0.3, -0.25) is 4.79 Å². The molecule has 0 atom stereocenters. The number of ether oxygens (including phenoxy) is 2. The Morgan fingerprint density at radius 2 is 2.00 bits per heavy atom. The lowest BCUT2D eigenvalue weighted by atomic mass is 10.2. The van der Waals surface area contributed by atoms with E-state index in [1.165, 1.54) is 0 Å². The second-order valence-corrected chi connectivity index (χ2v) is 3.53. The molecule has 0 aliphatic carbocycles.